The van der Waals surface area contributed by atoms with Gasteiger partial charge in [-0.2, -0.15) is 0 Å². The Morgan fingerprint density at radius 3 is 2.76 bits per heavy atom. The van der Waals surface area contributed by atoms with Crippen LogP contribution in [0, 0.1) is 5.92 Å². The fourth-order valence-corrected chi connectivity index (χ4v) is 6.50. The molecule has 0 saturated heterocycles. The monoisotopic (exact) mass is 542 g/mol. The highest BCUT2D eigenvalue weighted by molar-refractivity contribution is 7.13. The molecule has 11 heteroatoms. The Bertz CT molecular complexity index is 1350. The van der Waals surface area contributed by atoms with Gasteiger partial charge in [-0.25, -0.2) is 4.98 Å². The highest BCUT2D eigenvalue weighted by Crippen LogP contribution is 2.29. The minimum Gasteiger partial charge on any atom is -0.351 e. The molecule has 3 amide bonds. The molecular formula is C26H31ClN6O3S. The average Bonchev–Trinajstić information content (AvgIpc) is 3.47. The number of rotatable bonds is 5. The molecule has 2 aromatic heterocycles. The Hall–Kier alpha value is -2.95. The van der Waals surface area contributed by atoms with Crippen molar-refractivity contribution < 1.29 is 14.4 Å². The second kappa shape index (κ2) is 10.4. The number of aromatic amines is 1. The number of thiazole rings is 1. The zero-order valence-corrected chi connectivity index (χ0v) is 22.7. The van der Waals surface area contributed by atoms with Crippen LogP contribution in [-0.2, 0) is 17.8 Å². The van der Waals surface area contributed by atoms with E-state index in [1.54, 1.807) is 31.1 Å². The predicted molar refractivity (Wildman–Crippen MR) is 144 cm³/mol. The number of amides is 3. The van der Waals surface area contributed by atoms with Crippen LogP contribution in [0.15, 0.2) is 24.3 Å². The summed E-state index contributed by atoms with van der Waals surface area (Å²) >= 11 is 7.50. The maximum absolute atomic E-state index is 13.2. The van der Waals surface area contributed by atoms with Crippen molar-refractivity contribution in [1.82, 2.24) is 30.4 Å². The molecule has 2 aliphatic rings. The summed E-state index contributed by atoms with van der Waals surface area (Å²) in [6, 6.07) is 6.60. The number of aromatic nitrogens is 2. The van der Waals surface area contributed by atoms with Gasteiger partial charge in [0.15, 0.2) is 5.01 Å². The number of nitrogens with zero attached hydrogens (tertiary/aromatic N) is 3. The summed E-state index contributed by atoms with van der Waals surface area (Å²) in [4.78, 5) is 51.8. The molecule has 3 N–H and O–H groups in total. The van der Waals surface area contributed by atoms with Gasteiger partial charge in [-0.05, 0) is 50.6 Å². The number of fused-ring (bicyclic) bond motifs is 2. The first-order valence-corrected chi connectivity index (χ1v) is 13.7. The smallest absolute Gasteiger partial charge is 0.280 e. The van der Waals surface area contributed by atoms with Crippen LogP contribution in [-0.4, -0.2) is 77.3 Å². The molecule has 196 valence electrons. The van der Waals surface area contributed by atoms with E-state index in [2.05, 4.69) is 32.5 Å². The number of carbonyl (C=O) groups is 3. The minimum atomic E-state index is -0.411. The SMILES string of the molecule is CN1CCc2nc(C(=O)N[C@@H]3C[C@H](NC(=O)c4cc5cc(Cl)ccc5[nH]4)CC[C@@H]3C(=O)N(C)C)sc2C1. The molecule has 1 fully saturated rings. The molecule has 1 aliphatic carbocycles. The molecule has 0 spiro atoms. The zero-order chi connectivity index (χ0) is 26.3. The summed E-state index contributed by atoms with van der Waals surface area (Å²) in [6.07, 6.45) is 2.50. The van der Waals surface area contributed by atoms with Gasteiger partial charge in [-0.1, -0.05) is 11.6 Å². The highest BCUT2D eigenvalue weighted by Gasteiger charge is 2.38. The number of halogens is 1. The van der Waals surface area contributed by atoms with E-state index in [0.29, 0.717) is 35.0 Å². The first kappa shape index (κ1) is 25.7. The molecule has 0 bridgehead atoms. The van der Waals surface area contributed by atoms with Crippen LogP contribution in [0.25, 0.3) is 10.9 Å². The van der Waals surface area contributed by atoms with Crippen molar-refractivity contribution in [2.75, 3.05) is 27.7 Å². The normalized spacial score (nSPS) is 21.9. The number of nitrogens with one attached hydrogen (secondary N) is 3. The third-order valence-electron chi connectivity index (χ3n) is 7.20. The quantitative estimate of drug-likeness (QED) is 0.459. The molecule has 0 radical (unpaired) electrons. The standard InChI is InChI=1S/C26H31ClN6O3S/c1-32(2)26(36)17-6-5-16(28-23(34)21-11-14-10-15(27)4-7-18(14)29-21)12-20(17)30-24(35)25-31-19-8-9-33(3)13-22(19)37-25/h4,7,10-11,16-17,20,29H,5-6,8-9,12-13H2,1-3H3,(H,28,34)(H,30,35)/t16-,17+,20-/m1/s1. The van der Waals surface area contributed by atoms with Crippen LogP contribution in [0.3, 0.4) is 0 Å². The van der Waals surface area contributed by atoms with Gasteiger partial charge in [0.1, 0.15) is 5.69 Å². The van der Waals surface area contributed by atoms with Gasteiger partial charge in [0, 0.05) is 66.5 Å². The van der Waals surface area contributed by atoms with Crippen LogP contribution in [0.1, 0.15) is 50.1 Å². The van der Waals surface area contributed by atoms with Crippen LogP contribution in [0.2, 0.25) is 5.02 Å². The summed E-state index contributed by atoms with van der Waals surface area (Å²) in [7, 11) is 5.51. The van der Waals surface area contributed by atoms with E-state index < -0.39 is 6.04 Å². The number of hydrogen-bond donors (Lipinski definition) is 3. The molecule has 37 heavy (non-hydrogen) atoms. The molecule has 3 heterocycles. The van der Waals surface area contributed by atoms with Gasteiger partial charge >= 0.3 is 0 Å². The minimum absolute atomic E-state index is 0.0253. The lowest BCUT2D eigenvalue weighted by Gasteiger charge is -2.37. The van der Waals surface area contributed by atoms with Gasteiger partial charge in [-0.3, -0.25) is 14.4 Å². The summed E-state index contributed by atoms with van der Waals surface area (Å²) < 4.78 is 0. The highest BCUT2D eigenvalue weighted by atomic mass is 35.5. The Morgan fingerprint density at radius 2 is 1.97 bits per heavy atom. The molecule has 1 saturated carbocycles. The molecule has 1 aromatic carbocycles. The summed E-state index contributed by atoms with van der Waals surface area (Å²) in [5, 5.41) is 8.07. The fourth-order valence-electron chi connectivity index (χ4n) is 5.23. The molecule has 5 rings (SSSR count). The zero-order valence-electron chi connectivity index (χ0n) is 21.1. The summed E-state index contributed by atoms with van der Waals surface area (Å²) in [5.74, 6) is -0.870. The van der Waals surface area contributed by atoms with E-state index >= 15 is 0 Å². The summed E-state index contributed by atoms with van der Waals surface area (Å²) in [5.41, 5.74) is 2.27. The van der Waals surface area contributed by atoms with E-state index in [9.17, 15) is 14.4 Å². The second-order valence-electron chi connectivity index (χ2n) is 10.2. The first-order chi connectivity index (χ1) is 17.7. The lowest BCUT2D eigenvalue weighted by Crippen LogP contribution is -2.53. The maximum Gasteiger partial charge on any atom is 0.280 e. The lowest BCUT2D eigenvalue weighted by atomic mass is 9.80. The maximum atomic E-state index is 13.2. The van der Waals surface area contributed by atoms with E-state index in [1.807, 2.05) is 12.1 Å². The van der Waals surface area contributed by atoms with Crippen molar-refractivity contribution >= 4 is 51.6 Å². The van der Waals surface area contributed by atoms with Crippen LogP contribution < -0.4 is 10.6 Å². The first-order valence-electron chi connectivity index (χ1n) is 12.5. The van der Waals surface area contributed by atoms with Gasteiger partial charge in [-0.15, -0.1) is 11.3 Å². The third kappa shape index (κ3) is 5.51. The van der Waals surface area contributed by atoms with Gasteiger partial charge < -0.3 is 25.4 Å². The van der Waals surface area contributed by atoms with E-state index in [1.165, 1.54) is 11.3 Å². The van der Waals surface area contributed by atoms with Crippen molar-refractivity contribution in [3.8, 4) is 0 Å². The van der Waals surface area contributed by atoms with E-state index in [4.69, 9.17) is 11.6 Å². The molecule has 3 aromatic rings. The number of carbonyl (C=O) groups excluding carboxylic acids is 3. The number of benzene rings is 1. The number of hydrogen-bond acceptors (Lipinski definition) is 6. The Labute approximate surface area is 224 Å². The van der Waals surface area contributed by atoms with E-state index in [-0.39, 0.29) is 29.7 Å². The second-order valence-corrected chi connectivity index (χ2v) is 11.7. The van der Waals surface area contributed by atoms with Crippen molar-refractivity contribution in [3.05, 3.63) is 50.6 Å². The third-order valence-corrected chi connectivity index (χ3v) is 8.52. The van der Waals surface area contributed by atoms with Crippen LogP contribution in [0.5, 0.6) is 0 Å². The van der Waals surface area contributed by atoms with E-state index in [0.717, 1.165) is 41.0 Å². The fraction of sp³-hybridized carbons (Fsp3) is 0.462. The van der Waals surface area contributed by atoms with Crippen LogP contribution in [0.4, 0.5) is 0 Å². The predicted octanol–water partition coefficient (Wildman–Crippen LogP) is 3.05. The van der Waals surface area contributed by atoms with Gasteiger partial charge in [0.05, 0.1) is 11.6 Å². The Kier molecular flexibility index (Phi) is 7.24. The van der Waals surface area contributed by atoms with Crippen molar-refractivity contribution in [2.45, 2.75) is 44.3 Å². The molecule has 3 atom stereocenters. The van der Waals surface area contributed by atoms with Gasteiger partial charge in [0.25, 0.3) is 11.8 Å². The lowest BCUT2D eigenvalue weighted by molar-refractivity contribution is -0.134. The van der Waals surface area contributed by atoms with Crippen molar-refractivity contribution in [2.24, 2.45) is 5.92 Å². The average molecular weight is 543 g/mol. The van der Waals surface area contributed by atoms with Gasteiger partial charge in [0.2, 0.25) is 5.91 Å². The molecule has 0 unspecified atom stereocenters. The molecule has 1 aliphatic heterocycles. The Balaban J connectivity index is 1.30. The van der Waals surface area contributed by atoms with Crippen molar-refractivity contribution in [1.29, 1.82) is 0 Å². The topological polar surface area (TPSA) is 110 Å². The Morgan fingerprint density at radius 1 is 1.16 bits per heavy atom. The molecular weight excluding hydrogens is 512 g/mol. The molecule has 9 nitrogen and oxygen atoms in total. The summed E-state index contributed by atoms with van der Waals surface area (Å²) in [6.45, 7) is 1.71. The number of H-pyrrole nitrogens is 1. The van der Waals surface area contributed by atoms with Crippen LogP contribution >= 0.6 is 22.9 Å². The largest absolute Gasteiger partial charge is 0.351 e. The van der Waals surface area contributed by atoms with Crippen molar-refractivity contribution in [3.63, 3.8) is 0 Å². The number of likely N-dealkylation sites (N-methyl/N-ethyl adjacent to an activating group) is 1.